The molecule has 1 aromatic heterocycles. The molecule has 18 heavy (non-hydrogen) atoms. The Kier molecular flexibility index (Phi) is 4.83. The Morgan fingerprint density at radius 2 is 2.22 bits per heavy atom. The summed E-state index contributed by atoms with van der Waals surface area (Å²) in [7, 11) is 0. The molecule has 0 saturated carbocycles. The Labute approximate surface area is 105 Å². The SMILES string of the molecule is C[C@](CO)(CCO)C[C@@H](O)n1ccc(N)nc1=O. The minimum Gasteiger partial charge on any atom is -0.396 e. The van der Waals surface area contributed by atoms with Gasteiger partial charge >= 0.3 is 5.69 Å². The average molecular weight is 257 g/mol. The highest BCUT2D eigenvalue weighted by atomic mass is 16.3. The predicted octanol–water partition coefficient (Wildman–Crippen LogP) is -0.913. The number of nitrogens with two attached hydrogens (primary N) is 1. The molecule has 7 nitrogen and oxygen atoms in total. The topological polar surface area (TPSA) is 122 Å². The van der Waals surface area contributed by atoms with Crippen molar-refractivity contribution in [3.8, 4) is 0 Å². The number of nitrogens with zero attached hydrogens (tertiary/aromatic N) is 2. The summed E-state index contributed by atoms with van der Waals surface area (Å²) in [6.45, 7) is 1.43. The Hall–Kier alpha value is -1.44. The number of hydrogen-bond donors (Lipinski definition) is 4. The van der Waals surface area contributed by atoms with Crippen LogP contribution in [0.15, 0.2) is 17.1 Å². The van der Waals surface area contributed by atoms with E-state index in [1.807, 2.05) is 0 Å². The van der Waals surface area contributed by atoms with Crippen LogP contribution in [0.5, 0.6) is 0 Å². The Morgan fingerprint density at radius 1 is 1.56 bits per heavy atom. The second-order valence-electron chi connectivity index (χ2n) is 4.67. The van der Waals surface area contributed by atoms with Crippen molar-refractivity contribution in [3.63, 3.8) is 0 Å². The Morgan fingerprint density at radius 3 is 2.72 bits per heavy atom. The maximum Gasteiger partial charge on any atom is 0.351 e. The standard InChI is InChI=1S/C11H19N3O4/c1-11(7-16,3-5-15)6-9(17)14-4-2-8(12)13-10(14)18/h2,4,9,15-17H,3,5-7H2,1H3,(H2,12,13,18)/t9-,11+/m1/s1. The summed E-state index contributed by atoms with van der Waals surface area (Å²) in [5.41, 5.74) is 4.05. The van der Waals surface area contributed by atoms with Crippen LogP contribution in [-0.4, -0.2) is 38.1 Å². The van der Waals surface area contributed by atoms with Gasteiger partial charge in [-0.1, -0.05) is 6.92 Å². The van der Waals surface area contributed by atoms with Crippen LogP contribution in [0.25, 0.3) is 0 Å². The molecule has 0 unspecified atom stereocenters. The van der Waals surface area contributed by atoms with Gasteiger partial charge in [-0.2, -0.15) is 4.98 Å². The maximum atomic E-state index is 11.5. The average Bonchev–Trinajstić information content (AvgIpc) is 2.28. The molecule has 0 fully saturated rings. The third kappa shape index (κ3) is 3.52. The van der Waals surface area contributed by atoms with Crippen LogP contribution in [0.3, 0.4) is 0 Å². The van der Waals surface area contributed by atoms with Crippen molar-refractivity contribution in [1.82, 2.24) is 9.55 Å². The molecule has 102 valence electrons. The van der Waals surface area contributed by atoms with Crippen LogP contribution < -0.4 is 11.4 Å². The lowest BCUT2D eigenvalue weighted by Gasteiger charge is -2.29. The number of nitrogen functional groups attached to an aromatic ring is 1. The molecule has 1 aromatic rings. The van der Waals surface area contributed by atoms with Crippen LogP contribution in [0, 0.1) is 5.41 Å². The van der Waals surface area contributed by atoms with Crippen LogP contribution in [0.2, 0.25) is 0 Å². The fourth-order valence-electron chi connectivity index (χ4n) is 1.71. The largest absolute Gasteiger partial charge is 0.396 e. The lowest BCUT2D eigenvalue weighted by molar-refractivity contribution is 0.00683. The summed E-state index contributed by atoms with van der Waals surface area (Å²) in [6.07, 6.45) is 0.702. The Balaban J connectivity index is 2.87. The van der Waals surface area contributed by atoms with Crippen molar-refractivity contribution in [2.45, 2.75) is 26.0 Å². The molecular formula is C11H19N3O4. The van der Waals surface area contributed by atoms with E-state index in [1.165, 1.54) is 12.3 Å². The molecule has 0 saturated heterocycles. The lowest BCUT2D eigenvalue weighted by atomic mass is 9.84. The molecular weight excluding hydrogens is 238 g/mol. The van der Waals surface area contributed by atoms with Gasteiger partial charge in [0, 0.05) is 25.8 Å². The van der Waals surface area contributed by atoms with Crippen molar-refractivity contribution in [2.75, 3.05) is 18.9 Å². The first-order chi connectivity index (χ1) is 8.41. The van der Waals surface area contributed by atoms with Gasteiger partial charge < -0.3 is 21.1 Å². The first-order valence-corrected chi connectivity index (χ1v) is 5.66. The van der Waals surface area contributed by atoms with Crippen molar-refractivity contribution >= 4 is 5.82 Å². The second-order valence-corrected chi connectivity index (χ2v) is 4.67. The lowest BCUT2D eigenvalue weighted by Crippen LogP contribution is -2.33. The first kappa shape index (κ1) is 14.6. The maximum absolute atomic E-state index is 11.5. The van der Waals surface area contributed by atoms with E-state index in [0.717, 1.165) is 4.57 Å². The molecule has 1 heterocycles. The van der Waals surface area contributed by atoms with Gasteiger partial charge in [0.15, 0.2) is 0 Å². The molecule has 0 aliphatic rings. The van der Waals surface area contributed by atoms with E-state index in [9.17, 15) is 15.0 Å². The summed E-state index contributed by atoms with van der Waals surface area (Å²) in [6, 6.07) is 1.41. The number of rotatable bonds is 6. The third-order valence-corrected chi connectivity index (χ3v) is 2.95. The van der Waals surface area contributed by atoms with Crippen molar-refractivity contribution < 1.29 is 15.3 Å². The predicted molar refractivity (Wildman–Crippen MR) is 65.7 cm³/mol. The molecule has 0 radical (unpaired) electrons. The van der Waals surface area contributed by atoms with Gasteiger partial charge in [0.05, 0.1) is 0 Å². The smallest absolute Gasteiger partial charge is 0.351 e. The molecule has 5 N–H and O–H groups in total. The highest BCUT2D eigenvalue weighted by molar-refractivity contribution is 5.23. The molecule has 0 aliphatic heterocycles. The normalized spacial score (nSPS) is 16.2. The van der Waals surface area contributed by atoms with E-state index < -0.39 is 17.3 Å². The second kappa shape index (κ2) is 5.94. The highest BCUT2D eigenvalue weighted by Crippen LogP contribution is 2.29. The zero-order valence-corrected chi connectivity index (χ0v) is 10.3. The number of anilines is 1. The van der Waals surface area contributed by atoms with Crippen LogP contribution >= 0.6 is 0 Å². The number of aromatic nitrogens is 2. The monoisotopic (exact) mass is 257 g/mol. The first-order valence-electron chi connectivity index (χ1n) is 5.66. The van der Waals surface area contributed by atoms with Crippen LogP contribution in [-0.2, 0) is 0 Å². The third-order valence-electron chi connectivity index (χ3n) is 2.95. The van der Waals surface area contributed by atoms with E-state index in [4.69, 9.17) is 10.8 Å². The molecule has 1 rings (SSSR count). The molecule has 0 amide bonds. The molecule has 0 aliphatic carbocycles. The number of aliphatic hydroxyl groups excluding tert-OH is 3. The van der Waals surface area contributed by atoms with Gasteiger partial charge in [-0.3, -0.25) is 4.57 Å². The molecule has 7 heteroatoms. The van der Waals surface area contributed by atoms with Crippen LogP contribution in [0.1, 0.15) is 26.0 Å². The van der Waals surface area contributed by atoms with Gasteiger partial charge in [-0.25, -0.2) is 4.79 Å². The fraction of sp³-hybridized carbons (Fsp3) is 0.636. The highest BCUT2D eigenvalue weighted by Gasteiger charge is 2.27. The Bertz CT molecular complexity index is 448. The van der Waals surface area contributed by atoms with Gasteiger partial charge in [0.1, 0.15) is 12.0 Å². The molecule has 0 aromatic carbocycles. The van der Waals surface area contributed by atoms with Crippen LogP contribution in [0.4, 0.5) is 5.82 Å². The van der Waals surface area contributed by atoms with Gasteiger partial charge in [0.25, 0.3) is 0 Å². The zero-order chi connectivity index (χ0) is 13.8. The van der Waals surface area contributed by atoms with E-state index in [-0.39, 0.29) is 25.5 Å². The van der Waals surface area contributed by atoms with Crippen molar-refractivity contribution in [1.29, 1.82) is 0 Å². The van der Waals surface area contributed by atoms with Crippen molar-refractivity contribution in [3.05, 3.63) is 22.7 Å². The summed E-state index contributed by atoms with van der Waals surface area (Å²) in [4.78, 5) is 15.0. The summed E-state index contributed by atoms with van der Waals surface area (Å²) >= 11 is 0. The van der Waals surface area contributed by atoms with Gasteiger partial charge in [0.2, 0.25) is 0 Å². The van der Waals surface area contributed by atoms with Crippen molar-refractivity contribution in [2.24, 2.45) is 5.41 Å². The van der Waals surface area contributed by atoms with E-state index in [2.05, 4.69) is 4.98 Å². The number of aliphatic hydroxyl groups is 3. The zero-order valence-electron chi connectivity index (χ0n) is 10.3. The summed E-state index contributed by atoms with van der Waals surface area (Å²) in [5, 5.41) is 28.2. The minimum absolute atomic E-state index is 0.0868. The molecule has 0 spiro atoms. The minimum atomic E-state index is -1.12. The van der Waals surface area contributed by atoms with Gasteiger partial charge in [-0.05, 0) is 17.9 Å². The van der Waals surface area contributed by atoms with E-state index in [1.54, 1.807) is 6.92 Å². The summed E-state index contributed by atoms with van der Waals surface area (Å²) in [5.74, 6) is 0.0868. The van der Waals surface area contributed by atoms with Gasteiger partial charge in [-0.15, -0.1) is 0 Å². The quantitative estimate of drug-likeness (QED) is 0.523. The fourth-order valence-corrected chi connectivity index (χ4v) is 1.71. The van der Waals surface area contributed by atoms with E-state index >= 15 is 0 Å². The summed E-state index contributed by atoms with van der Waals surface area (Å²) < 4.78 is 1.04. The molecule has 0 bridgehead atoms. The number of hydrogen-bond acceptors (Lipinski definition) is 6. The van der Waals surface area contributed by atoms with E-state index in [0.29, 0.717) is 6.42 Å². The molecule has 2 atom stereocenters.